The summed E-state index contributed by atoms with van der Waals surface area (Å²) >= 11 is 6.60. The van der Waals surface area contributed by atoms with Gasteiger partial charge in [-0.1, -0.05) is 29.8 Å². The zero-order chi connectivity index (χ0) is 45.4. The average Bonchev–Trinajstić information content (AvgIpc) is 3.58. The normalized spacial score (nSPS) is 16.9. The first kappa shape index (κ1) is 47.7. The summed E-state index contributed by atoms with van der Waals surface area (Å²) in [5.41, 5.74) is -0.994. The standard InChI is InChI=1S/C41H47ClF3N7O9S/c1-40(2,3)61-39(56)50(4)14-16-60-18-17-59-15-13-48-62(57,58)30-21-27(43)20-29(22-30)51(38(55)33-9-10-35(53)52(33)34-19-26(25-46)11-12-47-34)36(31-7-5-6-8-32(31)42)37(54)49-28-23-41(44,45)24-28/h5-8,11-12,19-22,28,33,36,48H,9-10,13-18,23-24H2,1-4H3,(H,49,54)/t33-,36?/m0/s1. The van der Waals surface area contributed by atoms with Gasteiger partial charge in [-0.25, -0.2) is 36.1 Å². The lowest BCUT2D eigenvalue weighted by molar-refractivity contribution is -0.133. The smallest absolute Gasteiger partial charge is 0.410 e. The van der Waals surface area contributed by atoms with Gasteiger partial charge in [-0.15, -0.1) is 0 Å². The fourth-order valence-electron chi connectivity index (χ4n) is 6.65. The molecule has 2 fully saturated rings. The van der Waals surface area contributed by atoms with E-state index in [1.807, 2.05) is 6.07 Å². The van der Waals surface area contributed by atoms with Gasteiger partial charge < -0.3 is 24.4 Å². The van der Waals surface area contributed by atoms with E-state index < -0.39 is 92.7 Å². The van der Waals surface area contributed by atoms with Crippen LogP contribution in [0.4, 0.5) is 29.5 Å². The Kier molecular flexibility index (Phi) is 15.6. The van der Waals surface area contributed by atoms with Crippen LogP contribution in [-0.2, 0) is 38.6 Å². The maximum atomic E-state index is 15.7. The number of halogens is 4. The lowest BCUT2D eigenvalue weighted by atomic mass is 9.87. The molecule has 2 N–H and O–H groups in total. The fourth-order valence-corrected chi connectivity index (χ4v) is 7.96. The van der Waals surface area contributed by atoms with Gasteiger partial charge in [0.15, 0.2) is 0 Å². The van der Waals surface area contributed by atoms with Crippen LogP contribution in [0.2, 0.25) is 5.02 Å². The third-order valence-electron chi connectivity index (χ3n) is 9.63. The van der Waals surface area contributed by atoms with E-state index in [4.69, 9.17) is 25.8 Å². The van der Waals surface area contributed by atoms with Crippen LogP contribution in [0.5, 0.6) is 0 Å². The number of anilines is 2. The Hall–Kier alpha value is -5.33. The molecule has 1 unspecified atom stereocenters. The van der Waals surface area contributed by atoms with Crippen LogP contribution in [0.15, 0.2) is 65.7 Å². The van der Waals surface area contributed by atoms with Crippen molar-refractivity contribution in [2.75, 3.05) is 56.4 Å². The molecule has 0 bridgehead atoms. The fraction of sp³-hybridized carbons (Fsp3) is 0.463. The number of carbonyl (C=O) groups excluding carboxylic acids is 4. The molecule has 5 rings (SSSR count). The second-order valence-corrected chi connectivity index (χ2v) is 17.8. The van der Waals surface area contributed by atoms with Gasteiger partial charge in [0.05, 0.1) is 43.0 Å². The van der Waals surface area contributed by atoms with Crippen molar-refractivity contribution >= 4 is 56.9 Å². The highest BCUT2D eigenvalue weighted by atomic mass is 35.5. The molecule has 0 radical (unpaired) electrons. The highest BCUT2D eigenvalue weighted by Crippen LogP contribution is 2.40. The largest absolute Gasteiger partial charge is 0.444 e. The van der Waals surface area contributed by atoms with E-state index in [1.54, 1.807) is 27.8 Å². The number of ether oxygens (including phenoxy) is 3. The molecule has 0 spiro atoms. The molecular formula is C41H47ClF3N7O9S. The van der Waals surface area contributed by atoms with Gasteiger partial charge in [-0.05, 0) is 63.6 Å². The Balaban J connectivity index is 1.39. The van der Waals surface area contributed by atoms with Gasteiger partial charge in [0.2, 0.25) is 21.8 Å². The van der Waals surface area contributed by atoms with Crippen LogP contribution in [0.1, 0.15) is 63.6 Å². The quantitative estimate of drug-likeness (QED) is 0.161. The minimum absolute atomic E-state index is 0.0189. The number of nitrogens with one attached hydrogen (secondary N) is 2. The molecule has 3 aromatic rings. The molecule has 2 atom stereocenters. The summed E-state index contributed by atoms with van der Waals surface area (Å²) in [5.74, 6) is -6.78. The number of rotatable bonds is 18. The molecule has 334 valence electrons. The Morgan fingerprint density at radius 2 is 1.76 bits per heavy atom. The summed E-state index contributed by atoms with van der Waals surface area (Å²) in [6.07, 6.45) is -0.923. The van der Waals surface area contributed by atoms with Gasteiger partial charge in [0.1, 0.15) is 29.3 Å². The molecule has 1 saturated heterocycles. The number of amides is 4. The molecule has 2 aliphatic rings. The van der Waals surface area contributed by atoms with E-state index in [-0.39, 0.29) is 74.3 Å². The molecule has 16 nitrogen and oxygen atoms in total. The Bertz CT molecular complexity index is 2290. The van der Waals surface area contributed by atoms with Crippen LogP contribution in [0.25, 0.3) is 0 Å². The summed E-state index contributed by atoms with van der Waals surface area (Å²) < 4.78 is 89.3. The maximum absolute atomic E-state index is 15.7. The van der Waals surface area contributed by atoms with Gasteiger partial charge in [0, 0.05) is 67.9 Å². The molecule has 4 amide bonds. The van der Waals surface area contributed by atoms with Crippen molar-refractivity contribution in [1.29, 1.82) is 5.26 Å². The highest BCUT2D eigenvalue weighted by Gasteiger charge is 2.49. The van der Waals surface area contributed by atoms with Crippen LogP contribution >= 0.6 is 11.6 Å². The van der Waals surface area contributed by atoms with Crippen molar-refractivity contribution in [3.63, 3.8) is 0 Å². The third kappa shape index (κ3) is 12.4. The number of aromatic nitrogens is 1. The molecule has 2 aromatic carbocycles. The van der Waals surface area contributed by atoms with Crippen LogP contribution in [0, 0.1) is 17.1 Å². The topological polar surface area (TPSA) is 201 Å². The zero-order valence-electron chi connectivity index (χ0n) is 34.4. The molecule has 1 saturated carbocycles. The van der Waals surface area contributed by atoms with Crippen molar-refractivity contribution in [2.45, 2.75) is 81.0 Å². The summed E-state index contributed by atoms with van der Waals surface area (Å²) in [6.45, 7) is 5.47. The van der Waals surface area contributed by atoms with Crippen LogP contribution in [0.3, 0.4) is 0 Å². The molecule has 1 aromatic heterocycles. The van der Waals surface area contributed by atoms with Gasteiger partial charge in [-0.2, -0.15) is 5.26 Å². The monoisotopic (exact) mass is 905 g/mol. The maximum Gasteiger partial charge on any atom is 0.410 e. The number of pyridine rings is 1. The molecule has 62 heavy (non-hydrogen) atoms. The highest BCUT2D eigenvalue weighted by molar-refractivity contribution is 7.89. The Morgan fingerprint density at radius 1 is 1.06 bits per heavy atom. The SMILES string of the molecule is CN(CCOCCOCCNS(=O)(=O)c1cc(F)cc(N(C(=O)[C@@H]2CCC(=O)N2c2cc(C#N)ccn2)C(C(=O)NC2CC(F)(F)C2)c2ccccc2Cl)c1)C(=O)OC(C)(C)C. The Morgan fingerprint density at radius 3 is 2.42 bits per heavy atom. The average molecular weight is 906 g/mol. The van der Waals surface area contributed by atoms with E-state index in [0.29, 0.717) is 6.07 Å². The third-order valence-corrected chi connectivity index (χ3v) is 11.4. The van der Waals surface area contributed by atoms with Crippen molar-refractivity contribution in [2.24, 2.45) is 0 Å². The molecule has 1 aliphatic carbocycles. The van der Waals surface area contributed by atoms with Crippen LogP contribution < -0.4 is 19.8 Å². The van der Waals surface area contributed by atoms with Gasteiger partial charge >= 0.3 is 6.09 Å². The van der Waals surface area contributed by atoms with E-state index >= 15 is 9.18 Å². The second-order valence-electron chi connectivity index (χ2n) is 15.6. The van der Waals surface area contributed by atoms with Crippen molar-refractivity contribution in [1.82, 2.24) is 19.9 Å². The number of nitriles is 1. The number of likely N-dealkylation sites (N-methyl/N-ethyl adjacent to an activating group) is 1. The summed E-state index contributed by atoms with van der Waals surface area (Å²) in [4.78, 5) is 61.5. The number of nitrogens with zero attached hydrogens (tertiary/aromatic N) is 5. The molecule has 2 heterocycles. The van der Waals surface area contributed by atoms with Crippen molar-refractivity contribution < 1.29 is 55.0 Å². The minimum atomic E-state index is -4.54. The van der Waals surface area contributed by atoms with E-state index in [2.05, 4.69) is 15.0 Å². The number of carbonyl (C=O) groups is 4. The lowest BCUT2D eigenvalue weighted by Gasteiger charge is -2.39. The number of benzene rings is 2. The van der Waals surface area contributed by atoms with E-state index in [1.165, 1.54) is 47.5 Å². The minimum Gasteiger partial charge on any atom is -0.444 e. The number of hydrogen-bond donors (Lipinski definition) is 2. The first-order valence-corrected chi connectivity index (χ1v) is 21.4. The predicted molar refractivity (Wildman–Crippen MR) is 219 cm³/mol. The molecular weight excluding hydrogens is 859 g/mol. The number of hydrogen-bond acceptors (Lipinski definition) is 11. The first-order chi connectivity index (χ1) is 29.2. The summed E-state index contributed by atoms with van der Waals surface area (Å²) in [5, 5.41) is 12.0. The number of sulfonamides is 1. The molecule has 21 heteroatoms. The van der Waals surface area contributed by atoms with E-state index in [9.17, 15) is 36.8 Å². The van der Waals surface area contributed by atoms with Gasteiger partial charge in [0.25, 0.3) is 11.8 Å². The Labute approximate surface area is 362 Å². The second kappa shape index (κ2) is 20.2. The number of alkyl halides is 2. The first-order valence-electron chi connectivity index (χ1n) is 19.5. The van der Waals surface area contributed by atoms with Crippen molar-refractivity contribution in [3.05, 3.63) is 82.8 Å². The van der Waals surface area contributed by atoms with Crippen LogP contribution in [-0.4, -0.2) is 112 Å². The summed E-state index contributed by atoms with van der Waals surface area (Å²) in [6, 6.07) is 8.68. The van der Waals surface area contributed by atoms with E-state index in [0.717, 1.165) is 21.9 Å². The van der Waals surface area contributed by atoms with Gasteiger partial charge in [-0.3, -0.25) is 24.2 Å². The van der Waals surface area contributed by atoms with Crippen molar-refractivity contribution in [3.8, 4) is 6.07 Å². The molecule has 1 aliphatic heterocycles. The predicted octanol–water partition coefficient (Wildman–Crippen LogP) is 5.11. The zero-order valence-corrected chi connectivity index (χ0v) is 36.0. The lowest BCUT2D eigenvalue weighted by Crippen LogP contribution is -2.56. The summed E-state index contributed by atoms with van der Waals surface area (Å²) in [7, 11) is -2.97.